The van der Waals surface area contributed by atoms with Crippen molar-refractivity contribution < 1.29 is 5.11 Å². The van der Waals surface area contributed by atoms with Crippen LogP contribution in [-0.4, -0.2) is 54.0 Å². The third-order valence-electron chi connectivity index (χ3n) is 6.09. The van der Waals surface area contributed by atoms with Gasteiger partial charge in [0.25, 0.3) is 0 Å². The smallest absolute Gasteiger partial charge is 0.188 e. The maximum atomic E-state index is 10.6. The molecule has 33 heavy (non-hydrogen) atoms. The first kappa shape index (κ1) is 22.2. The molecule has 8 nitrogen and oxygen atoms in total. The fourth-order valence-electron chi connectivity index (χ4n) is 4.93. The standard InChI is InChI=1S/C23H29N7OS2/c1-22(2)8-15(9-23(3,4)28-22)30(6)21-27-20-19(33-21)26-18(32-20)17-16(31)7-13(10-24-17)14-11-25-29(5)12-14/h7,10-12,15,28,31H,8-9H2,1-6H3. The van der Waals surface area contributed by atoms with Gasteiger partial charge in [-0.1, -0.05) is 22.7 Å². The molecule has 1 fully saturated rings. The number of aromatic hydroxyl groups is 1. The number of piperidine rings is 1. The van der Waals surface area contributed by atoms with Crippen LogP contribution in [0.1, 0.15) is 40.5 Å². The second-order valence-electron chi connectivity index (χ2n) is 10.2. The Kier molecular flexibility index (Phi) is 5.22. The predicted octanol–water partition coefficient (Wildman–Crippen LogP) is 4.67. The van der Waals surface area contributed by atoms with E-state index in [1.54, 1.807) is 34.5 Å². The third kappa shape index (κ3) is 4.34. The van der Waals surface area contributed by atoms with E-state index in [0.717, 1.165) is 38.8 Å². The van der Waals surface area contributed by atoms with Gasteiger partial charge in [-0.05, 0) is 46.6 Å². The molecule has 0 radical (unpaired) electrons. The Labute approximate surface area is 201 Å². The lowest BCUT2D eigenvalue weighted by atomic mass is 9.79. The fourth-order valence-corrected chi connectivity index (χ4v) is 7.01. The normalized spacial score (nSPS) is 18.1. The van der Waals surface area contributed by atoms with Crippen molar-refractivity contribution >= 4 is 37.5 Å². The minimum Gasteiger partial charge on any atom is -0.506 e. The van der Waals surface area contributed by atoms with E-state index in [1.807, 2.05) is 13.2 Å². The minimum absolute atomic E-state index is 0.0753. The highest BCUT2D eigenvalue weighted by Gasteiger charge is 2.39. The highest BCUT2D eigenvalue weighted by molar-refractivity contribution is 7.29. The van der Waals surface area contributed by atoms with Gasteiger partial charge >= 0.3 is 0 Å². The van der Waals surface area contributed by atoms with Crippen LogP contribution in [0, 0.1) is 0 Å². The van der Waals surface area contributed by atoms with E-state index in [0.29, 0.717) is 16.7 Å². The van der Waals surface area contributed by atoms with Gasteiger partial charge in [0.1, 0.15) is 16.5 Å². The quantitative estimate of drug-likeness (QED) is 0.436. The van der Waals surface area contributed by atoms with Gasteiger partial charge in [0.15, 0.2) is 14.8 Å². The van der Waals surface area contributed by atoms with Gasteiger partial charge in [-0.25, -0.2) is 15.0 Å². The first-order chi connectivity index (χ1) is 15.5. The van der Waals surface area contributed by atoms with Crippen molar-refractivity contribution in [1.29, 1.82) is 0 Å². The van der Waals surface area contributed by atoms with Gasteiger partial charge in [-0.15, -0.1) is 0 Å². The average molecular weight is 484 g/mol. The Hall–Kier alpha value is -2.56. The van der Waals surface area contributed by atoms with Crippen molar-refractivity contribution in [1.82, 2.24) is 30.0 Å². The molecule has 0 atom stereocenters. The Morgan fingerprint density at radius 1 is 1.06 bits per heavy atom. The Morgan fingerprint density at radius 3 is 2.36 bits per heavy atom. The summed E-state index contributed by atoms with van der Waals surface area (Å²) in [5.41, 5.74) is 2.36. The maximum absolute atomic E-state index is 10.6. The third-order valence-corrected chi connectivity index (χ3v) is 8.22. The lowest BCUT2D eigenvalue weighted by molar-refractivity contribution is 0.161. The minimum atomic E-state index is 0.0753. The summed E-state index contributed by atoms with van der Waals surface area (Å²) in [6.45, 7) is 9.06. The summed E-state index contributed by atoms with van der Waals surface area (Å²) >= 11 is 3.06. The van der Waals surface area contributed by atoms with Crippen LogP contribution in [0.4, 0.5) is 5.13 Å². The summed E-state index contributed by atoms with van der Waals surface area (Å²) in [4.78, 5) is 18.2. The van der Waals surface area contributed by atoms with Crippen molar-refractivity contribution in [3.8, 4) is 27.6 Å². The molecule has 174 valence electrons. The molecule has 0 aliphatic carbocycles. The summed E-state index contributed by atoms with van der Waals surface area (Å²) in [5, 5.41) is 20.2. The Bertz CT molecular complexity index is 1270. The summed E-state index contributed by atoms with van der Waals surface area (Å²) < 4.78 is 1.72. The molecule has 0 saturated carbocycles. The topological polar surface area (TPSA) is 92.0 Å². The molecule has 0 bridgehead atoms. The molecular weight excluding hydrogens is 454 g/mol. The zero-order valence-electron chi connectivity index (χ0n) is 19.7. The number of pyridine rings is 1. The van der Waals surface area contributed by atoms with Crippen LogP contribution in [0.3, 0.4) is 0 Å². The number of thiazole rings is 2. The first-order valence-corrected chi connectivity index (χ1v) is 12.6. The predicted molar refractivity (Wildman–Crippen MR) is 135 cm³/mol. The molecule has 10 heteroatoms. The van der Waals surface area contributed by atoms with Crippen LogP contribution < -0.4 is 10.2 Å². The molecule has 1 aliphatic heterocycles. The summed E-state index contributed by atoms with van der Waals surface area (Å²) in [7, 11) is 4.00. The number of anilines is 1. The van der Waals surface area contributed by atoms with Gasteiger partial charge in [-0.3, -0.25) is 4.68 Å². The summed E-state index contributed by atoms with van der Waals surface area (Å²) in [5.74, 6) is 0.106. The van der Waals surface area contributed by atoms with Gasteiger partial charge in [0.2, 0.25) is 0 Å². The number of aromatic nitrogens is 5. The van der Waals surface area contributed by atoms with E-state index in [-0.39, 0.29) is 16.8 Å². The highest BCUT2D eigenvalue weighted by Crippen LogP contribution is 2.40. The Morgan fingerprint density at radius 2 is 1.76 bits per heavy atom. The van der Waals surface area contributed by atoms with E-state index in [4.69, 9.17) is 9.97 Å². The zero-order valence-corrected chi connectivity index (χ0v) is 21.4. The maximum Gasteiger partial charge on any atom is 0.188 e. The number of fused-ring (bicyclic) bond motifs is 1. The number of aryl methyl sites for hydroxylation is 1. The number of nitrogens with one attached hydrogen (secondary N) is 1. The van der Waals surface area contributed by atoms with Crippen LogP contribution >= 0.6 is 22.7 Å². The number of nitrogens with zero attached hydrogens (tertiary/aromatic N) is 6. The van der Waals surface area contributed by atoms with E-state index in [2.05, 4.69) is 55.0 Å². The average Bonchev–Trinajstić information content (AvgIpc) is 3.39. The van der Waals surface area contributed by atoms with E-state index in [1.165, 1.54) is 11.3 Å². The monoisotopic (exact) mass is 483 g/mol. The van der Waals surface area contributed by atoms with Crippen molar-refractivity contribution in [2.75, 3.05) is 11.9 Å². The molecule has 5 rings (SSSR count). The lowest BCUT2D eigenvalue weighted by Crippen LogP contribution is -2.61. The summed E-state index contributed by atoms with van der Waals surface area (Å²) in [6.07, 6.45) is 7.50. The van der Waals surface area contributed by atoms with Gasteiger partial charge in [0.05, 0.1) is 6.20 Å². The molecule has 0 amide bonds. The number of hydrogen-bond acceptors (Lipinski definition) is 9. The summed E-state index contributed by atoms with van der Waals surface area (Å²) in [6, 6.07) is 2.11. The molecule has 5 heterocycles. The molecule has 4 aromatic heterocycles. The molecular formula is C23H29N7OS2. The number of hydrogen-bond donors (Lipinski definition) is 2. The highest BCUT2D eigenvalue weighted by atomic mass is 32.1. The molecule has 0 spiro atoms. The van der Waals surface area contributed by atoms with Crippen molar-refractivity contribution in [2.45, 2.75) is 57.7 Å². The van der Waals surface area contributed by atoms with Crippen LogP contribution in [-0.2, 0) is 7.05 Å². The van der Waals surface area contributed by atoms with E-state index in [9.17, 15) is 5.11 Å². The van der Waals surface area contributed by atoms with Crippen molar-refractivity contribution in [3.63, 3.8) is 0 Å². The lowest BCUT2D eigenvalue weighted by Gasteiger charge is -2.48. The van der Waals surface area contributed by atoms with Crippen molar-refractivity contribution in [3.05, 3.63) is 24.7 Å². The SMILES string of the molecule is CN(c1nc2sc(-c3ncc(-c4cnn(C)c4)cc3O)nc2s1)C1CC(C)(C)NC(C)(C)C1. The molecule has 0 aromatic carbocycles. The fraction of sp³-hybridized carbons (Fsp3) is 0.478. The van der Waals surface area contributed by atoms with E-state index < -0.39 is 0 Å². The van der Waals surface area contributed by atoms with Crippen molar-refractivity contribution in [2.24, 2.45) is 7.05 Å². The van der Waals surface area contributed by atoms with Gasteiger partial charge < -0.3 is 15.3 Å². The second-order valence-corrected chi connectivity index (χ2v) is 12.1. The molecule has 1 aliphatic rings. The van der Waals surface area contributed by atoms with Crippen LogP contribution in [0.5, 0.6) is 5.75 Å². The Balaban J connectivity index is 1.40. The van der Waals surface area contributed by atoms with Crippen LogP contribution in [0.2, 0.25) is 0 Å². The second kappa shape index (κ2) is 7.75. The number of rotatable bonds is 4. The van der Waals surface area contributed by atoms with Gasteiger partial charge in [-0.2, -0.15) is 5.10 Å². The molecule has 0 unspecified atom stereocenters. The van der Waals surface area contributed by atoms with E-state index >= 15 is 0 Å². The van der Waals surface area contributed by atoms with Gasteiger partial charge in [0, 0.05) is 54.7 Å². The van der Waals surface area contributed by atoms with Crippen LogP contribution in [0.25, 0.3) is 31.5 Å². The largest absolute Gasteiger partial charge is 0.506 e. The first-order valence-electron chi connectivity index (χ1n) is 11.0. The molecule has 1 saturated heterocycles. The zero-order chi connectivity index (χ0) is 23.5. The molecule has 2 N–H and O–H groups in total. The molecule has 4 aromatic rings. The van der Waals surface area contributed by atoms with Crippen LogP contribution in [0.15, 0.2) is 24.7 Å².